The second-order valence-corrected chi connectivity index (χ2v) is 5.71. The molecule has 1 fully saturated rings. The second kappa shape index (κ2) is 6.86. The van der Waals surface area contributed by atoms with E-state index in [9.17, 15) is 0 Å². The lowest BCUT2D eigenvalue weighted by Gasteiger charge is -2.28. The van der Waals surface area contributed by atoms with E-state index in [1.807, 2.05) is 13.8 Å². The van der Waals surface area contributed by atoms with Crippen LogP contribution in [0.1, 0.15) is 27.2 Å². The minimum Gasteiger partial charge on any atom is -0.461 e. The predicted octanol–water partition coefficient (Wildman–Crippen LogP) is 0.475. The summed E-state index contributed by atoms with van der Waals surface area (Å²) in [6, 6.07) is 0.616. The van der Waals surface area contributed by atoms with Crippen LogP contribution >= 0.6 is 0 Å². The Morgan fingerprint density at radius 2 is 2.05 bits per heavy atom. The Balaban J connectivity index is 2.28. The average molecular weight is 295 g/mol. The van der Waals surface area contributed by atoms with Gasteiger partial charge >= 0.3 is 6.01 Å². The summed E-state index contributed by atoms with van der Waals surface area (Å²) >= 11 is 0. The molecule has 3 N–H and O–H groups in total. The van der Waals surface area contributed by atoms with E-state index in [0.29, 0.717) is 23.9 Å². The monoisotopic (exact) mass is 295 g/mol. The molecule has 2 rings (SSSR count). The molecule has 1 aromatic rings. The fraction of sp³-hybridized carbons (Fsp3) is 0.769. The zero-order valence-corrected chi connectivity index (χ0v) is 13.2. The third kappa shape index (κ3) is 4.15. The van der Waals surface area contributed by atoms with E-state index in [2.05, 4.69) is 44.1 Å². The molecule has 1 unspecified atom stereocenters. The van der Waals surface area contributed by atoms with Crippen LogP contribution in [0.25, 0.3) is 0 Å². The minimum atomic E-state index is -0.00133. The SMILES string of the molecule is CC(C)Oc1nc(NN)nc(N2CCCN(C)CC2C)n1. The van der Waals surface area contributed by atoms with E-state index in [-0.39, 0.29) is 6.10 Å². The number of hydrazine groups is 1. The molecular formula is C13H25N7O. The molecule has 1 atom stereocenters. The first-order valence-electron chi connectivity index (χ1n) is 7.34. The third-order valence-corrected chi connectivity index (χ3v) is 3.38. The lowest BCUT2D eigenvalue weighted by molar-refractivity contribution is 0.222. The van der Waals surface area contributed by atoms with Crippen molar-refractivity contribution in [1.82, 2.24) is 19.9 Å². The number of aromatic nitrogens is 3. The van der Waals surface area contributed by atoms with Gasteiger partial charge in [-0.25, -0.2) is 5.84 Å². The van der Waals surface area contributed by atoms with Gasteiger partial charge in [-0.05, 0) is 40.8 Å². The quantitative estimate of drug-likeness (QED) is 0.612. The van der Waals surface area contributed by atoms with Crippen molar-refractivity contribution in [3.05, 3.63) is 0 Å². The lowest BCUT2D eigenvalue weighted by Crippen LogP contribution is -2.39. The maximum atomic E-state index is 5.58. The van der Waals surface area contributed by atoms with E-state index >= 15 is 0 Å². The first-order valence-corrected chi connectivity index (χ1v) is 7.34. The molecule has 1 aliphatic rings. The van der Waals surface area contributed by atoms with Crippen molar-refractivity contribution >= 4 is 11.9 Å². The number of nitrogens with two attached hydrogens (primary N) is 1. The van der Waals surface area contributed by atoms with Gasteiger partial charge < -0.3 is 14.5 Å². The number of ether oxygens (including phenoxy) is 1. The van der Waals surface area contributed by atoms with Crippen LogP contribution in [0.15, 0.2) is 0 Å². The van der Waals surface area contributed by atoms with E-state index in [4.69, 9.17) is 10.6 Å². The molecule has 1 saturated heterocycles. The maximum Gasteiger partial charge on any atom is 0.323 e. The Morgan fingerprint density at radius 3 is 2.71 bits per heavy atom. The van der Waals surface area contributed by atoms with Crippen LogP contribution in [0.2, 0.25) is 0 Å². The van der Waals surface area contributed by atoms with Gasteiger partial charge in [0.1, 0.15) is 0 Å². The Morgan fingerprint density at radius 1 is 1.29 bits per heavy atom. The van der Waals surface area contributed by atoms with Crippen LogP contribution in [0.3, 0.4) is 0 Å². The summed E-state index contributed by atoms with van der Waals surface area (Å²) in [6.07, 6.45) is 1.07. The summed E-state index contributed by atoms with van der Waals surface area (Å²) in [5, 5.41) is 0. The molecule has 1 aliphatic heterocycles. The number of hydrogen-bond acceptors (Lipinski definition) is 8. The summed E-state index contributed by atoms with van der Waals surface area (Å²) in [5.41, 5.74) is 2.48. The van der Waals surface area contributed by atoms with Crippen LogP contribution in [0.4, 0.5) is 11.9 Å². The van der Waals surface area contributed by atoms with Gasteiger partial charge in [-0.3, -0.25) is 5.43 Å². The van der Waals surface area contributed by atoms with Crippen molar-refractivity contribution in [2.45, 2.75) is 39.3 Å². The first kappa shape index (κ1) is 15.7. The molecule has 0 saturated carbocycles. The van der Waals surface area contributed by atoms with Crippen LogP contribution < -0.4 is 20.9 Å². The largest absolute Gasteiger partial charge is 0.461 e. The van der Waals surface area contributed by atoms with E-state index in [1.165, 1.54) is 0 Å². The van der Waals surface area contributed by atoms with E-state index in [1.54, 1.807) is 0 Å². The molecule has 0 radical (unpaired) electrons. The molecular weight excluding hydrogens is 270 g/mol. The van der Waals surface area contributed by atoms with Crippen molar-refractivity contribution in [3.8, 4) is 6.01 Å². The number of hydrogen-bond donors (Lipinski definition) is 2. The molecule has 8 nitrogen and oxygen atoms in total. The van der Waals surface area contributed by atoms with Crippen LogP contribution in [0.5, 0.6) is 6.01 Å². The molecule has 0 amide bonds. The molecule has 118 valence electrons. The first-order chi connectivity index (χ1) is 9.99. The summed E-state index contributed by atoms with van der Waals surface area (Å²) in [7, 11) is 2.13. The lowest BCUT2D eigenvalue weighted by atomic mass is 10.3. The fourth-order valence-electron chi connectivity index (χ4n) is 2.47. The Bertz CT molecular complexity index is 468. The van der Waals surface area contributed by atoms with E-state index < -0.39 is 0 Å². The number of nitrogens with one attached hydrogen (secondary N) is 1. The number of nitrogen functional groups attached to an aromatic ring is 1. The fourth-order valence-corrected chi connectivity index (χ4v) is 2.47. The maximum absolute atomic E-state index is 5.58. The van der Waals surface area contributed by atoms with Crippen molar-refractivity contribution in [2.75, 3.05) is 37.0 Å². The van der Waals surface area contributed by atoms with Gasteiger partial charge in [-0.2, -0.15) is 15.0 Å². The Kier molecular flexibility index (Phi) is 5.13. The number of likely N-dealkylation sites (N-methyl/N-ethyl adjacent to an activating group) is 1. The molecule has 2 heterocycles. The second-order valence-electron chi connectivity index (χ2n) is 5.71. The predicted molar refractivity (Wildman–Crippen MR) is 82.3 cm³/mol. The topological polar surface area (TPSA) is 92.4 Å². The zero-order chi connectivity index (χ0) is 15.4. The standard InChI is InChI=1S/C13H25N7O/c1-9(2)21-13-16-11(18-14)15-12(17-13)20-7-5-6-19(4)8-10(20)3/h9-10H,5-8,14H2,1-4H3,(H,15,16,17,18). The van der Waals surface area contributed by atoms with Crippen LogP contribution in [0, 0.1) is 0 Å². The van der Waals surface area contributed by atoms with Crippen LogP contribution in [-0.2, 0) is 0 Å². The van der Waals surface area contributed by atoms with Crippen molar-refractivity contribution in [1.29, 1.82) is 0 Å². The minimum absolute atomic E-state index is 0.00133. The Labute approximate surface area is 125 Å². The highest BCUT2D eigenvalue weighted by Gasteiger charge is 2.23. The van der Waals surface area contributed by atoms with Gasteiger partial charge in [0.2, 0.25) is 11.9 Å². The van der Waals surface area contributed by atoms with Gasteiger partial charge in [0.25, 0.3) is 0 Å². The summed E-state index contributed by atoms with van der Waals surface area (Å²) in [4.78, 5) is 17.4. The smallest absolute Gasteiger partial charge is 0.323 e. The summed E-state index contributed by atoms with van der Waals surface area (Å²) in [6.45, 7) is 8.98. The third-order valence-electron chi connectivity index (χ3n) is 3.38. The van der Waals surface area contributed by atoms with Gasteiger partial charge in [0.15, 0.2) is 0 Å². The molecule has 8 heteroatoms. The summed E-state index contributed by atoms with van der Waals surface area (Å²) < 4.78 is 5.58. The van der Waals surface area contributed by atoms with Crippen molar-refractivity contribution in [3.63, 3.8) is 0 Å². The molecule has 0 aromatic carbocycles. The zero-order valence-electron chi connectivity index (χ0n) is 13.2. The molecule has 1 aromatic heterocycles. The van der Waals surface area contributed by atoms with Crippen LogP contribution in [-0.4, -0.2) is 58.7 Å². The molecule has 0 bridgehead atoms. The molecule has 21 heavy (non-hydrogen) atoms. The highest BCUT2D eigenvalue weighted by atomic mass is 16.5. The van der Waals surface area contributed by atoms with Crippen molar-refractivity contribution in [2.24, 2.45) is 5.84 Å². The van der Waals surface area contributed by atoms with Gasteiger partial charge in [-0.15, -0.1) is 0 Å². The Hall–Kier alpha value is -1.67. The number of nitrogens with zero attached hydrogens (tertiary/aromatic N) is 5. The number of rotatable bonds is 4. The van der Waals surface area contributed by atoms with Gasteiger partial charge in [0, 0.05) is 19.1 Å². The normalized spacial score (nSPS) is 20.5. The molecule has 0 spiro atoms. The van der Waals surface area contributed by atoms with E-state index in [0.717, 1.165) is 26.1 Å². The average Bonchev–Trinajstić information content (AvgIpc) is 2.58. The van der Waals surface area contributed by atoms with Gasteiger partial charge in [-0.1, -0.05) is 0 Å². The van der Waals surface area contributed by atoms with Crippen molar-refractivity contribution < 1.29 is 4.74 Å². The number of anilines is 2. The highest BCUT2D eigenvalue weighted by Crippen LogP contribution is 2.20. The molecule has 0 aliphatic carbocycles. The highest BCUT2D eigenvalue weighted by molar-refractivity contribution is 5.39. The van der Waals surface area contributed by atoms with Gasteiger partial charge in [0.05, 0.1) is 6.10 Å². The summed E-state index contributed by atoms with van der Waals surface area (Å²) in [5.74, 6) is 6.38.